The third kappa shape index (κ3) is 3.55. The molecule has 0 aromatic carbocycles. The largest absolute Gasteiger partial charge is 0.353 e. The molecule has 4 rings (SSSR count). The van der Waals surface area contributed by atoms with Gasteiger partial charge >= 0.3 is 0 Å². The van der Waals surface area contributed by atoms with Crippen molar-refractivity contribution in [1.29, 1.82) is 5.26 Å². The van der Waals surface area contributed by atoms with Crippen LogP contribution in [0, 0.1) is 18.3 Å². The van der Waals surface area contributed by atoms with Gasteiger partial charge in [-0.1, -0.05) is 0 Å². The predicted octanol–water partition coefficient (Wildman–Crippen LogP) is 2.44. The standard InChI is InChI=1S/C20H19N7/c1-15-12-18(25-19(24-15)17-5-2-6-22-14-17)26-8-10-27(11-9-26)20-16(13-21)4-3-7-23-20/h2-7,12,14H,8-11H2,1H3. The number of hydrogen-bond donors (Lipinski definition) is 0. The molecule has 27 heavy (non-hydrogen) atoms. The molecular weight excluding hydrogens is 338 g/mol. The number of rotatable bonds is 3. The second-order valence-electron chi connectivity index (χ2n) is 6.39. The Morgan fingerprint density at radius 2 is 1.78 bits per heavy atom. The van der Waals surface area contributed by atoms with Gasteiger partial charge in [-0.15, -0.1) is 0 Å². The minimum Gasteiger partial charge on any atom is -0.353 e. The number of nitrogens with zero attached hydrogens (tertiary/aromatic N) is 7. The third-order valence-electron chi connectivity index (χ3n) is 4.57. The lowest BCUT2D eigenvalue weighted by molar-refractivity contribution is 0.640. The highest BCUT2D eigenvalue weighted by Crippen LogP contribution is 2.23. The van der Waals surface area contributed by atoms with Crippen LogP contribution in [0.4, 0.5) is 11.6 Å². The summed E-state index contributed by atoms with van der Waals surface area (Å²) in [6.45, 7) is 5.18. The van der Waals surface area contributed by atoms with Crippen molar-refractivity contribution in [2.45, 2.75) is 6.92 Å². The van der Waals surface area contributed by atoms with Crippen LogP contribution in [0.5, 0.6) is 0 Å². The number of pyridine rings is 2. The number of aromatic nitrogens is 4. The topological polar surface area (TPSA) is 81.8 Å². The maximum Gasteiger partial charge on any atom is 0.163 e. The van der Waals surface area contributed by atoms with Crippen molar-refractivity contribution in [3.05, 3.63) is 60.2 Å². The van der Waals surface area contributed by atoms with Crippen LogP contribution in [0.1, 0.15) is 11.3 Å². The molecule has 0 amide bonds. The van der Waals surface area contributed by atoms with Crippen molar-refractivity contribution in [3.63, 3.8) is 0 Å². The average Bonchev–Trinajstić information content (AvgIpc) is 2.74. The third-order valence-corrected chi connectivity index (χ3v) is 4.57. The molecule has 1 aliphatic rings. The summed E-state index contributed by atoms with van der Waals surface area (Å²) < 4.78 is 0. The molecule has 0 radical (unpaired) electrons. The Hall–Kier alpha value is -3.53. The van der Waals surface area contributed by atoms with Crippen LogP contribution in [-0.2, 0) is 0 Å². The molecule has 134 valence electrons. The first-order valence-corrected chi connectivity index (χ1v) is 8.86. The average molecular weight is 357 g/mol. The lowest BCUT2D eigenvalue weighted by Crippen LogP contribution is -2.47. The van der Waals surface area contributed by atoms with Crippen LogP contribution < -0.4 is 9.80 Å². The van der Waals surface area contributed by atoms with Crippen LogP contribution in [0.25, 0.3) is 11.4 Å². The smallest absolute Gasteiger partial charge is 0.163 e. The lowest BCUT2D eigenvalue weighted by Gasteiger charge is -2.36. The molecule has 4 heterocycles. The van der Waals surface area contributed by atoms with E-state index in [0.717, 1.165) is 49.1 Å². The first-order chi connectivity index (χ1) is 13.2. The Bertz CT molecular complexity index is 973. The van der Waals surface area contributed by atoms with E-state index in [-0.39, 0.29) is 0 Å². The number of anilines is 2. The van der Waals surface area contributed by atoms with E-state index >= 15 is 0 Å². The van der Waals surface area contributed by atoms with Gasteiger partial charge in [-0.25, -0.2) is 15.0 Å². The van der Waals surface area contributed by atoms with Crippen molar-refractivity contribution in [2.24, 2.45) is 0 Å². The van der Waals surface area contributed by atoms with Gasteiger partial charge in [-0.2, -0.15) is 5.26 Å². The molecule has 0 atom stereocenters. The molecule has 0 unspecified atom stereocenters. The zero-order chi connectivity index (χ0) is 18.6. The molecule has 3 aromatic rings. The Morgan fingerprint density at radius 1 is 1.00 bits per heavy atom. The zero-order valence-corrected chi connectivity index (χ0v) is 15.1. The summed E-state index contributed by atoms with van der Waals surface area (Å²) in [7, 11) is 0. The minimum atomic E-state index is 0.614. The van der Waals surface area contributed by atoms with Gasteiger partial charge < -0.3 is 9.80 Å². The van der Waals surface area contributed by atoms with E-state index in [2.05, 4.69) is 30.8 Å². The van der Waals surface area contributed by atoms with Crippen molar-refractivity contribution >= 4 is 11.6 Å². The van der Waals surface area contributed by atoms with Gasteiger partial charge in [0.1, 0.15) is 17.7 Å². The molecule has 0 spiro atoms. The zero-order valence-electron chi connectivity index (χ0n) is 15.1. The minimum absolute atomic E-state index is 0.614. The summed E-state index contributed by atoms with van der Waals surface area (Å²) in [5.41, 5.74) is 2.45. The molecule has 0 bridgehead atoms. The summed E-state index contributed by atoms with van der Waals surface area (Å²) in [5, 5.41) is 9.30. The predicted molar refractivity (Wildman–Crippen MR) is 103 cm³/mol. The highest BCUT2D eigenvalue weighted by atomic mass is 15.3. The van der Waals surface area contributed by atoms with E-state index in [1.165, 1.54) is 0 Å². The molecular formula is C20H19N7. The van der Waals surface area contributed by atoms with Crippen molar-refractivity contribution in [3.8, 4) is 17.5 Å². The first-order valence-electron chi connectivity index (χ1n) is 8.86. The summed E-state index contributed by atoms with van der Waals surface area (Å²) in [4.78, 5) is 22.3. The molecule has 3 aromatic heterocycles. The maximum atomic E-state index is 9.30. The SMILES string of the molecule is Cc1cc(N2CCN(c3ncccc3C#N)CC2)nc(-c2cccnc2)n1. The van der Waals surface area contributed by atoms with Crippen LogP contribution in [-0.4, -0.2) is 46.1 Å². The van der Waals surface area contributed by atoms with Gasteiger partial charge in [-0.3, -0.25) is 4.98 Å². The second kappa shape index (κ2) is 7.38. The molecule has 7 nitrogen and oxygen atoms in total. The number of aryl methyl sites for hydroxylation is 1. The fourth-order valence-electron chi connectivity index (χ4n) is 3.22. The van der Waals surface area contributed by atoms with Crippen LogP contribution in [0.15, 0.2) is 48.9 Å². The summed E-state index contributed by atoms with van der Waals surface area (Å²) in [6, 6.07) is 11.7. The first kappa shape index (κ1) is 16.9. The maximum absolute atomic E-state index is 9.30. The van der Waals surface area contributed by atoms with Gasteiger partial charge in [-0.05, 0) is 31.2 Å². The molecule has 1 aliphatic heterocycles. The summed E-state index contributed by atoms with van der Waals surface area (Å²) >= 11 is 0. The monoisotopic (exact) mass is 357 g/mol. The molecule has 1 saturated heterocycles. The Labute approximate surface area is 158 Å². The Kier molecular flexibility index (Phi) is 4.62. The fourth-order valence-corrected chi connectivity index (χ4v) is 3.22. The Morgan fingerprint density at radius 3 is 2.52 bits per heavy atom. The molecule has 7 heteroatoms. The summed E-state index contributed by atoms with van der Waals surface area (Å²) in [6.07, 6.45) is 5.25. The number of piperazine rings is 1. The van der Waals surface area contributed by atoms with Gasteiger partial charge in [0.15, 0.2) is 5.82 Å². The number of nitriles is 1. The molecule has 1 fully saturated rings. The van der Waals surface area contributed by atoms with Crippen LogP contribution in [0.3, 0.4) is 0 Å². The van der Waals surface area contributed by atoms with E-state index in [1.54, 1.807) is 24.7 Å². The van der Waals surface area contributed by atoms with E-state index in [9.17, 15) is 5.26 Å². The number of hydrogen-bond acceptors (Lipinski definition) is 7. The lowest BCUT2D eigenvalue weighted by atomic mass is 10.2. The van der Waals surface area contributed by atoms with Gasteiger partial charge in [0.25, 0.3) is 0 Å². The van der Waals surface area contributed by atoms with Gasteiger partial charge in [0.2, 0.25) is 0 Å². The molecule has 0 aliphatic carbocycles. The van der Waals surface area contributed by atoms with E-state index in [0.29, 0.717) is 11.4 Å². The van der Waals surface area contributed by atoms with Crippen LogP contribution in [0.2, 0.25) is 0 Å². The van der Waals surface area contributed by atoms with Gasteiger partial charge in [0, 0.05) is 62.1 Å². The van der Waals surface area contributed by atoms with Crippen molar-refractivity contribution in [1.82, 2.24) is 19.9 Å². The van der Waals surface area contributed by atoms with Gasteiger partial charge in [0.05, 0.1) is 5.56 Å². The molecule has 0 N–H and O–H groups in total. The Balaban J connectivity index is 1.53. The fraction of sp³-hybridized carbons (Fsp3) is 0.250. The van der Waals surface area contributed by atoms with Crippen molar-refractivity contribution < 1.29 is 0 Å². The highest BCUT2D eigenvalue weighted by Gasteiger charge is 2.21. The second-order valence-corrected chi connectivity index (χ2v) is 6.39. The van der Waals surface area contributed by atoms with E-state index in [4.69, 9.17) is 4.98 Å². The normalized spacial score (nSPS) is 14.1. The highest BCUT2D eigenvalue weighted by molar-refractivity contribution is 5.58. The van der Waals surface area contributed by atoms with Crippen molar-refractivity contribution in [2.75, 3.05) is 36.0 Å². The quantitative estimate of drug-likeness (QED) is 0.712. The van der Waals surface area contributed by atoms with E-state index < -0.39 is 0 Å². The van der Waals surface area contributed by atoms with Crippen LogP contribution >= 0.6 is 0 Å². The summed E-state index contributed by atoms with van der Waals surface area (Å²) in [5.74, 6) is 2.37. The molecule has 0 saturated carbocycles. The van der Waals surface area contributed by atoms with E-state index in [1.807, 2.05) is 31.2 Å².